The highest BCUT2D eigenvalue weighted by Crippen LogP contribution is 2.30. The maximum absolute atomic E-state index is 12.8. The Hall–Kier alpha value is -3.55. The molecule has 3 rings (SSSR count). The highest BCUT2D eigenvalue weighted by Gasteiger charge is 2.23. The Morgan fingerprint density at radius 3 is 2.45 bits per heavy atom. The van der Waals surface area contributed by atoms with Crippen LogP contribution in [-0.2, 0) is 4.79 Å². The van der Waals surface area contributed by atoms with Crippen molar-refractivity contribution in [3.8, 4) is 11.5 Å². The number of nitrogens with two attached hydrogens (primary N) is 1. The van der Waals surface area contributed by atoms with E-state index in [-0.39, 0.29) is 5.84 Å². The lowest BCUT2D eigenvalue weighted by molar-refractivity contribution is -0.135. The minimum absolute atomic E-state index is 0.0326. The van der Waals surface area contributed by atoms with Crippen LogP contribution in [0, 0.1) is 10.8 Å². The number of nitrogens with zero attached hydrogens (tertiary/aromatic N) is 2. The lowest BCUT2D eigenvalue weighted by atomic mass is 10.1. The molecule has 1 atom stereocenters. The smallest absolute Gasteiger partial charge is 0.333 e. The molecule has 1 saturated heterocycles. The summed E-state index contributed by atoms with van der Waals surface area (Å²) in [4.78, 5) is 16.6. The van der Waals surface area contributed by atoms with Crippen LogP contribution in [0.15, 0.2) is 42.5 Å². The second-order valence-electron chi connectivity index (χ2n) is 7.58. The molecule has 1 heterocycles. The fraction of sp³-hybridized carbons (Fsp3) is 0.348. The molecule has 31 heavy (non-hydrogen) atoms. The molecule has 2 aromatic carbocycles. The molecule has 8 heteroatoms. The summed E-state index contributed by atoms with van der Waals surface area (Å²) in [5.74, 6) is 0.685. The second kappa shape index (κ2) is 9.51. The van der Waals surface area contributed by atoms with Crippen molar-refractivity contribution in [1.82, 2.24) is 4.90 Å². The van der Waals surface area contributed by atoms with Crippen molar-refractivity contribution in [2.75, 3.05) is 32.1 Å². The largest absolute Gasteiger partial charge is 0.493 e. The minimum atomic E-state index is -0.588. The number of carbonyl (C=O) groups excluding carboxylic acids is 1. The number of nitrogens with one attached hydrogen (secondary N) is 2. The number of esters is 1. The van der Waals surface area contributed by atoms with Crippen LogP contribution < -0.4 is 20.1 Å². The molecular weight excluding hydrogens is 394 g/mol. The Morgan fingerprint density at radius 1 is 1.10 bits per heavy atom. The summed E-state index contributed by atoms with van der Waals surface area (Å²) in [7, 11) is 3.29. The average Bonchev–Trinajstić information content (AvgIpc) is 3.32. The van der Waals surface area contributed by atoms with Gasteiger partial charge in [-0.05, 0) is 50.1 Å². The summed E-state index contributed by atoms with van der Waals surface area (Å²) in [6, 6.07) is 11.7. The number of hydrogen-bond donors (Lipinski definition) is 3. The first-order chi connectivity index (χ1) is 14.8. The standard InChI is InChI=1S/C23H29N5O3/c1-15(27(2)18-8-6-7-16(13-18)21(24)25)23(29)31-19-10-9-17(14-20(19)30-3)22(26)28-11-4-5-12-28/h6-10,13-15,26H,4-5,11-12H2,1-3H3,(H3,24,25)/t15-/m0/s1. The molecule has 164 valence electrons. The van der Waals surface area contributed by atoms with Gasteiger partial charge >= 0.3 is 5.97 Å². The third kappa shape index (κ3) is 4.96. The van der Waals surface area contributed by atoms with Gasteiger partial charge in [0.25, 0.3) is 0 Å². The fourth-order valence-electron chi connectivity index (χ4n) is 3.49. The highest BCUT2D eigenvalue weighted by atomic mass is 16.6. The Morgan fingerprint density at radius 2 is 1.81 bits per heavy atom. The topological polar surface area (TPSA) is 116 Å². The van der Waals surface area contributed by atoms with Crippen molar-refractivity contribution in [3.63, 3.8) is 0 Å². The van der Waals surface area contributed by atoms with Gasteiger partial charge in [0.05, 0.1) is 7.11 Å². The van der Waals surface area contributed by atoms with Crippen LogP contribution in [0.3, 0.4) is 0 Å². The van der Waals surface area contributed by atoms with Crippen LogP contribution in [-0.4, -0.2) is 55.8 Å². The normalized spacial score (nSPS) is 14.1. The van der Waals surface area contributed by atoms with Gasteiger partial charge in [-0.1, -0.05) is 12.1 Å². The minimum Gasteiger partial charge on any atom is -0.493 e. The van der Waals surface area contributed by atoms with Gasteiger partial charge in [0.1, 0.15) is 17.7 Å². The van der Waals surface area contributed by atoms with Crippen LogP contribution in [0.25, 0.3) is 0 Å². The molecule has 8 nitrogen and oxygen atoms in total. The number of benzene rings is 2. The van der Waals surface area contributed by atoms with Crippen molar-refractivity contribution in [1.29, 1.82) is 10.8 Å². The van der Waals surface area contributed by atoms with Crippen molar-refractivity contribution in [3.05, 3.63) is 53.6 Å². The number of anilines is 1. The van der Waals surface area contributed by atoms with E-state index in [1.54, 1.807) is 55.3 Å². The van der Waals surface area contributed by atoms with Crippen molar-refractivity contribution in [2.24, 2.45) is 5.73 Å². The molecule has 2 aromatic rings. The Balaban J connectivity index is 1.73. The Labute approximate surface area is 182 Å². The number of hydrogen-bond acceptors (Lipinski definition) is 6. The molecule has 0 aromatic heterocycles. The average molecular weight is 424 g/mol. The number of amidine groups is 2. The van der Waals surface area contributed by atoms with E-state index in [2.05, 4.69) is 0 Å². The molecule has 1 aliphatic rings. The quantitative estimate of drug-likeness (QED) is 0.273. The van der Waals surface area contributed by atoms with Gasteiger partial charge in [0, 0.05) is 37.0 Å². The van der Waals surface area contributed by atoms with E-state index in [1.165, 1.54) is 7.11 Å². The Kier molecular flexibility index (Phi) is 6.79. The summed E-state index contributed by atoms with van der Waals surface area (Å²) in [5.41, 5.74) is 7.63. The fourth-order valence-corrected chi connectivity index (χ4v) is 3.49. The highest BCUT2D eigenvalue weighted by molar-refractivity contribution is 5.97. The molecule has 0 unspecified atom stereocenters. The zero-order chi connectivity index (χ0) is 22.5. The lowest BCUT2D eigenvalue weighted by Gasteiger charge is -2.26. The van der Waals surface area contributed by atoms with Gasteiger partial charge in [-0.2, -0.15) is 0 Å². The maximum atomic E-state index is 12.8. The number of methoxy groups -OCH3 is 1. The van der Waals surface area contributed by atoms with Gasteiger partial charge in [-0.25, -0.2) is 4.79 Å². The number of likely N-dealkylation sites (N-methyl/N-ethyl adjacent to an activating group) is 1. The number of nitrogen functional groups attached to an aromatic ring is 1. The molecule has 0 aliphatic carbocycles. The molecule has 0 spiro atoms. The predicted molar refractivity (Wildman–Crippen MR) is 122 cm³/mol. The van der Waals surface area contributed by atoms with Crippen LogP contribution >= 0.6 is 0 Å². The number of carbonyl (C=O) groups is 1. The number of ether oxygens (including phenoxy) is 2. The van der Waals surface area contributed by atoms with E-state index in [4.69, 9.17) is 26.0 Å². The molecule has 4 N–H and O–H groups in total. The molecule has 1 aliphatic heterocycles. The van der Waals surface area contributed by atoms with Crippen molar-refractivity contribution in [2.45, 2.75) is 25.8 Å². The van der Waals surface area contributed by atoms with Crippen LogP contribution in [0.1, 0.15) is 30.9 Å². The van der Waals surface area contributed by atoms with Gasteiger partial charge in [0.2, 0.25) is 0 Å². The third-order valence-corrected chi connectivity index (χ3v) is 5.56. The zero-order valence-electron chi connectivity index (χ0n) is 18.1. The second-order valence-corrected chi connectivity index (χ2v) is 7.58. The van der Waals surface area contributed by atoms with Gasteiger partial charge < -0.3 is 25.0 Å². The van der Waals surface area contributed by atoms with Gasteiger partial charge in [-0.3, -0.25) is 10.8 Å². The van der Waals surface area contributed by atoms with Gasteiger partial charge in [0.15, 0.2) is 11.5 Å². The number of rotatable bonds is 7. The number of likely N-dealkylation sites (tertiary alicyclic amines) is 1. The first-order valence-corrected chi connectivity index (χ1v) is 10.2. The molecule has 0 saturated carbocycles. The van der Waals surface area contributed by atoms with E-state index in [0.717, 1.165) is 37.2 Å². The summed E-state index contributed by atoms with van der Waals surface area (Å²) >= 11 is 0. The molecule has 0 bridgehead atoms. The van der Waals surface area contributed by atoms with Crippen LogP contribution in [0.2, 0.25) is 0 Å². The zero-order valence-corrected chi connectivity index (χ0v) is 18.1. The Bertz CT molecular complexity index is 985. The SMILES string of the molecule is COc1cc(C(=N)N2CCCC2)ccc1OC(=O)[C@H](C)N(C)c1cccc(C(=N)N)c1. The van der Waals surface area contributed by atoms with E-state index in [9.17, 15) is 4.79 Å². The van der Waals surface area contributed by atoms with Crippen LogP contribution in [0.4, 0.5) is 5.69 Å². The van der Waals surface area contributed by atoms with Crippen molar-refractivity contribution >= 4 is 23.3 Å². The van der Waals surface area contributed by atoms with E-state index in [1.807, 2.05) is 11.0 Å². The summed E-state index contributed by atoms with van der Waals surface area (Å²) in [6.07, 6.45) is 2.19. The summed E-state index contributed by atoms with van der Waals surface area (Å²) in [6.45, 7) is 3.51. The molecule has 0 amide bonds. The lowest BCUT2D eigenvalue weighted by Crippen LogP contribution is -2.38. The molecular formula is C23H29N5O3. The first-order valence-electron chi connectivity index (χ1n) is 10.2. The van der Waals surface area contributed by atoms with Gasteiger partial charge in [-0.15, -0.1) is 0 Å². The third-order valence-electron chi connectivity index (χ3n) is 5.56. The van der Waals surface area contributed by atoms with E-state index in [0.29, 0.717) is 22.9 Å². The van der Waals surface area contributed by atoms with E-state index >= 15 is 0 Å². The molecule has 0 radical (unpaired) electrons. The van der Waals surface area contributed by atoms with Crippen LogP contribution in [0.5, 0.6) is 11.5 Å². The first kappa shape index (κ1) is 22.1. The maximum Gasteiger partial charge on any atom is 0.333 e. The summed E-state index contributed by atoms with van der Waals surface area (Å²) in [5, 5.41) is 16.0. The molecule has 1 fully saturated rings. The predicted octanol–water partition coefficient (Wildman–Crippen LogP) is 2.83. The van der Waals surface area contributed by atoms with Crippen molar-refractivity contribution < 1.29 is 14.3 Å². The monoisotopic (exact) mass is 423 g/mol. The van der Waals surface area contributed by atoms with E-state index < -0.39 is 12.0 Å². The summed E-state index contributed by atoms with van der Waals surface area (Å²) < 4.78 is 11.0.